The highest BCUT2D eigenvalue weighted by Gasteiger charge is 2.33. The summed E-state index contributed by atoms with van der Waals surface area (Å²) in [4.78, 5) is 34.8. The van der Waals surface area contributed by atoms with Crippen molar-refractivity contribution in [2.45, 2.75) is 19.9 Å². The quantitative estimate of drug-likeness (QED) is 0.398. The molecule has 0 bridgehead atoms. The Morgan fingerprint density at radius 2 is 1.80 bits per heavy atom. The first kappa shape index (κ1) is 25.3. The molecule has 0 radical (unpaired) electrons. The van der Waals surface area contributed by atoms with Gasteiger partial charge in [0.15, 0.2) is 0 Å². The average molecular weight is 534 g/mol. The summed E-state index contributed by atoms with van der Waals surface area (Å²) >= 11 is 0. The molecule has 10 nitrogen and oxygen atoms in total. The number of para-hydroxylation sites is 1. The molecule has 1 fully saturated rings. The maximum absolute atomic E-state index is 13.0. The number of carbonyl (C=O) groups excluding carboxylic acids is 2. The average Bonchev–Trinajstić information content (AvgIpc) is 3.25. The number of aryl methyl sites for hydroxylation is 2. The zero-order chi connectivity index (χ0) is 27.8. The third-order valence-corrected chi connectivity index (χ3v) is 7.49. The molecule has 0 aliphatic carbocycles. The Kier molecular flexibility index (Phi) is 6.50. The molecule has 2 N–H and O–H groups in total. The number of piperazine rings is 1. The third-order valence-electron chi connectivity index (χ3n) is 7.49. The Balaban J connectivity index is 1.22. The van der Waals surface area contributed by atoms with E-state index in [1.807, 2.05) is 42.5 Å². The normalized spacial score (nSPS) is 16.8. The predicted molar refractivity (Wildman–Crippen MR) is 149 cm³/mol. The number of anilines is 3. The lowest BCUT2D eigenvalue weighted by molar-refractivity contribution is 0.101. The van der Waals surface area contributed by atoms with Crippen molar-refractivity contribution in [3.63, 3.8) is 0 Å². The minimum Gasteiger partial charge on any atom is -0.361 e. The number of fused-ring (bicyclic) bond motifs is 2. The fourth-order valence-corrected chi connectivity index (χ4v) is 5.59. The van der Waals surface area contributed by atoms with Crippen LogP contribution in [0.5, 0.6) is 0 Å². The molecule has 0 spiro atoms. The number of pyridine rings is 1. The van der Waals surface area contributed by atoms with E-state index in [1.54, 1.807) is 26.1 Å². The highest BCUT2D eigenvalue weighted by molar-refractivity contribution is 6.07. The summed E-state index contributed by atoms with van der Waals surface area (Å²) in [7, 11) is 0. The van der Waals surface area contributed by atoms with Gasteiger partial charge >= 0.3 is 0 Å². The highest BCUT2D eigenvalue weighted by atomic mass is 16.5. The van der Waals surface area contributed by atoms with Crippen molar-refractivity contribution < 1.29 is 14.1 Å². The standard InChI is InChI=1S/C30H27N7O3/c1-18-26(19(2)40-35-18)30(39)33-21-15-20(16-31)28(32-17-21)37-13-11-36(12-14-37)27-22-7-3-4-8-23(22)29(38)34-25-10-6-5-9-24(25)27/h3-10,15,17,27H,11-14H2,1-2H3,(H,33,39)(H,34,38). The van der Waals surface area contributed by atoms with E-state index < -0.39 is 0 Å². The Labute approximate surface area is 231 Å². The zero-order valence-corrected chi connectivity index (χ0v) is 22.1. The number of benzene rings is 2. The van der Waals surface area contributed by atoms with E-state index in [9.17, 15) is 14.9 Å². The topological polar surface area (TPSA) is 127 Å². The molecule has 1 atom stereocenters. The molecule has 6 rings (SSSR count). The Hall–Kier alpha value is -5.01. The number of nitriles is 1. The van der Waals surface area contributed by atoms with Crippen LogP contribution in [0.3, 0.4) is 0 Å². The summed E-state index contributed by atoms with van der Waals surface area (Å²) in [5.74, 6) is 0.543. The maximum Gasteiger partial charge on any atom is 0.261 e. The van der Waals surface area contributed by atoms with E-state index in [0.717, 1.165) is 16.8 Å². The molecular weight excluding hydrogens is 506 g/mol. The molecule has 10 heteroatoms. The van der Waals surface area contributed by atoms with Gasteiger partial charge in [0.1, 0.15) is 23.2 Å². The van der Waals surface area contributed by atoms with E-state index in [2.05, 4.69) is 42.7 Å². The lowest BCUT2D eigenvalue weighted by atomic mass is 9.93. The monoisotopic (exact) mass is 533 g/mol. The zero-order valence-electron chi connectivity index (χ0n) is 22.1. The number of hydrogen-bond acceptors (Lipinski definition) is 8. The molecule has 0 saturated carbocycles. The summed E-state index contributed by atoms with van der Waals surface area (Å²) in [6.07, 6.45) is 1.56. The van der Waals surface area contributed by atoms with E-state index in [-0.39, 0.29) is 17.9 Å². The Bertz CT molecular complexity index is 1640. The minimum absolute atomic E-state index is 0.0844. The number of aromatic nitrogens is 2. The van der Waals surface area contributed by atoms with Gasteiger partial charge in [0.2, 0.25) is 0 Å². The van der Waals surface area contributed by atoms with Crippen LogP contribution in [0.4, 0.5) is 17.2 Å². The number of amides is 2. The van der Waals surface area contributed by atoms with Crippen molar-refractivity contribution in [1.82, 2.24) is 15.0 Å². The molecular formula is C30H27N7O3. The second-order valence-corrected chi connectivity index (χ2v) is 9.91. The molecule has 2 amide bonds. The summed E-state index contributed by atoms with van der Waals surface area (Å²) in [5.41, 5.74) is 5.20. The van der Waals surface area contributed by atoms with Crippen LogP contribution in [-0.2, 0) is 0 Å². The Morgan fingerprint density at radius 1 is 1.07 bits per heavy atom. The van der Waals surface area contributed by atoms with E-state index >= 15 is 0 Å². The lowest BCUT2D eigenvalue weighted by Gasteiger charge is -2.40. The van der Waals surface area contributed by atoms with Gasteiger partial charge in [-0.3, -0.25) is 14.5 Å². The molecule has 4 aromatic rings. The van der Waals surface area contributed by atoms with Crippen molar-refractivity contribution in [2.24, 2.45) is 0 Å². The van der Waals surface area contributed by atoms with Crippen LogP contribution in [-0.4, -0.2) is 53.0 Å². The number of hydrogen-bond donors (Lipinski definition) is 2. The molecule has 2 aromatic carbocycles. The van der Waals surface area contributed by atoms with Crippen LogP contribution >= 0.6 is 0 Å². The number of nitrogens with zero attached hydrogens (tertiary/aromatic N) is 5. The fraction of sp³-hybridized carbons (Fsp3) is 0.233. The van der Waals surface area contributed by atoms with Crippen LogP contribution in [0.1, 0.15) is 54.9 Å². The summed E-state index contributed by atoms with van der Waals surface area (Å²) < 4.78 is 5.09. The predicted octanol–water partition coefficient (Wildman–Crippen LogP) is 4.29. The van der Waals surface area contributed by atoms with E-state index in [1.165, 1.54) is 0 Å². The van der Waals surface area contributed by atoms with Gasteiger partial charge in [-0.05, 0) is 43.2 Å². The van der Waals surface area contributed by atoms with Gasteiger partial charge in [-0.1, -0.05) is 41.6 Å². The summed E-state index contributed by atoms with van der Waals surface area (Å²) in [6.45, 7) is 6.09. The van der Waals surface area contributed by atoms with E-state index in [0.29, 0.717) is 65.8 Å². The van der Waals surface area contributed by atoms with Gasteiger partial charge in [0.25, 0.3) is 11.8 Å². The molecule has 1 saturated heterocycles. The summed E-state index contributed by atoms with van der Waals surface area (Å²) in [5, 5.41) is 19.6. The molecule has 4 heterocycles. The van der Waals surface area contributed by atoms with Crippen LogP contribution in [0.2, 0.25) is 0 Å². The lowest BCUT2D eigenvalue weighted by Crippen LogP contribution is -2.48. The van der Waals surface area contributed by atoms with Crippen molar-refractivity contribution >= 4 is 29.0 Å². The van der Waals surface area contributed by atoms with Gasteiger partial charge in [-0.25, -0.2) is 4.98 Å². The van der Waals surface area contributed by atoms with Gasteiger partial charge in [0.05, 0.1) is 29.2 Å². The van der Waals surface area contributed by atoms with Crippen molar-refractivity contribution in [2.75, 3.05) is 41.7 Å². The minimum atomic E-state index is -0.361. The molecule has 2 aromatic heterocycles. The van der Waals surface area contributed by atoms with E-state index in [4.69, 9.17) is 4.52 Å². The highest BCUT2D eigenvalue weighted by Crippen LogP contribution is 2.39. The second-order valence-electron chi connectivity index (χ2n) is 9.91. The smallest absolute Gasteiger partial charge is 0.261 e. The second kappa shape index (κ2) is 10.3. The van der Waals surface area contributed by atoms with Crippen molar-refractivity contribution in [3.05, 3.63) is 100 Å². The molecule has 1 unspecified atom stereocenters. The largest absolute Gasteiger partial charge is 0.361 e. The molecule has 2 aliphatic heterocycles. The molecule has 2 aliphatic rings. The molecule has 200 valence electrons. The van der Waals surface area contributed by atoms with Gasteiger partial charge < -0.3 is 20.1 Å². The van der Waals surface area contributed by atoms with Crippen molar-refractivity contribution in [1.29, 1.82) is 5.26 Å². The molecule has 40 heavy (non-hydrogen) atoms. The number of carbonyl (C=O) groups is 2. The van der Waals surface area contributed by atoms with Crippen LogP contribution < -0.4 is 15.5 Å². The van der Waals surface area contributed by atoms with Crippen LogP contribution in [0, 0.1) is 25.2 Å². The van der Waals surface area contributed by atoms with Crippen LogP contribution in [0.25, 0.3) is 0 Å². The first-order valence-corrected chi connectivity index (χ1v) is 13.1. The number of nitrogens with one attached hydrogen (secondary N) is 2. The third kappa shape index (κ3) is 4.46. The van der Waals surface area contributed by atoms with Gasteiger partial charge in [-0.15, -0.1) is 0 Å². The Morgan fingerprint density at radius 3 is 2.52 bits per heavy atom. The van der Waals surface area contributed by atoms with Crippen LogP contribution in [0.15, 0.2) is 65.3 Å². The first-order valence-electron chi connectivity index (χ1n) is 13.1. The van der Waals surface area contributed by atoms with Gasteiger partial charge in [0, 0.05) is 37.4 Å². The SMILES string of the molecule is Cc1noc(C)c1C(=O)Nc1cnc(N2CCN(C3c4ccccc4NC(=O)c4ccccc43)CC2)c(C#N)c1. The van der Waals surface area contributed by atoms with Crippen molar-refractivity contribution in [3.8, 4) is 6.07 Å². The number of rotatable bonds is 4. The summed E-state index contributed by atoms with van der Waals surface area (Å²) in [6, 6.07) is 19.5. The van der Waals surface area contributed by atoms with Gasteiger partial charge in [-0.2, -0.15) is 5.26 Å². The maximum atomic E-state index is 13.0. The first-order chi connectivity index (χ1) is 19.4. The fourth-order valence-electron chi connectivity index (χ4n) is 5.59.